The molecule has 1 aromatic heterocycles. The van der Waals surface area contributed by atoms with Gasteiger partial charge in [0, 0.05) is 22.5 Å². The predicted octanol–water partition coefficient (Wildman–Crippen LogP) is 4.59. The van der Waals surface area contributed by atoms with Gasteiger partial charge >= 0.3 is 0 Å². The first kappa shape index (κ1) is 12.4. The van der Waals surface area contributed by atoms with Gasteiger partial charge in [0.15, 0.2) is 0 Å². The Morgan fingerprint density at radius 2 is 1.74 bits per heavy atom. The average molecular weight is 315 g/mol. The summed E-state index contributed by atoms with van der Waals surface area (Å²) < 4.78 is 0.909. The maximum absolute atomic E-state index is 4.61. The summed E-state index contributed by atoms with van der Waals surface area (Å²) >= 11 is 3.53. The minimum atomic E-state index is 0.909. The number of H-pyrrole nitrogens is 1. The average Bonchev–Trinajstić information content (AvgIpc) is 2.84. The lowest BCUT2D eigenvalue weighted by Gasteiger charge is -1.99. The Kier molecular flexibility index (Phi) is 2.94. The smallest absolute Gasteiger partial charge is 0.114 e. The van der Waals surface area contributed by atoms with Crippen LogP contribution >= 0.6 is 15.9 Å². The fraction of sp³-hybridized carbons (Fsp3) is 0.188. The molecule has 0 atom stereocenters. The van der Waals surface area contributed by atoms with Gasteiger partial charge in [-0.15, -0.1) is 0 Å². The quantitative estimate of drug-likeness (QED) is 0.797. The van der Waals surface area contributed by atoms with E-state index in [0.717, 1.165) is 21.6 Å². The molecule has 96 valence electrons. The highest BCUT2D eigenvalue weighted by atomic mass is 79.9. The first-order chi connectivity index (χ1) is 9.08. The number of hydrogen-bond donors (Lipinski definition) is 1. The molecule has 1 aliphatic heterocycles. The van der Waals surface area contributed by atoms with Crippen LogP contribution in [-0.4, -0.2) is 9.60 Å². The molecule has 0 saturated heterocycles. The minimum absolute atomic E-state index is 0.909. The van der Waals surface area contributed by atoms with Crippen molar-refractivity contribution < 1.29 is 0 Å². The number of nitrogens with zero attached hydrogens (tertiary/aromatic N) is 1. The molecular formula is C16H15BrN2. The normalized spacial score (nSPS) is 15.8. The first-order valence-electron chi connectivity index (χ1n) is 6.29. The molecule has 0 bridgehead atoms. The van der Waals surface area contributed by atoms with E-state index in [0.29, 0.717) is 0 Å². The molecule has 1 aliphatic rings. The summed E-state index contributed by atoms with van der Waals surface area (Å²) in [5.74, 6) is 0. The van der Waals surface area contributed by atoms with Crippen LogP contribution in [0.5, 0.6) is 0 Å². The molecule has 0 spiro atoms. The van der Waals surface area contributed by atoms with Crippen LogP contribution in [0.3, 0.4) is 0 Å². The lowest BCUT2D eigenvalue weighted by molar-refractivity contribution is 1.22. The van der Waals surface area contributed by atoms with Crippen molar-refractivity contribution in [3.63, 3.8) is 0 Å². The molecule has 19 heavy (non-hydrogen) atoms. The summed E-state index contributed by atoms with van der Waals surface area (Å²) in [5.41, 5.74) is 8.32. The van der Waals surface area contributed by atoms with Crippen molar-refractivity contribution >= 4 is 32.3 Å². The third kappa shape index (κ3) is 1.98. The number of aromatic amines is 1. The van der Waals surface area contributed by atoms with Gasteiger partial charge in [-0.2, -0.15) is 0 Å². The molecular weight excluding hydrogens is 300 g/mol. The van der Waals surface area contributed by atoms with Gasteiger partial charge in [-0.25, -0.2) is 4.99 Å². The molecule has 2 heterocycles. The molecule has 2 nitrogen and oxygen atoms in total. The number of aromatic nitrogens is 1. The van der Waals surface area contributed by atoms with E-state index in [2.05, 4.69) is 64.9 Å². The second kappa shape index (κ2) is 4.49. The van der Waals surface area contributed by atoms with Crippen LogP contribution in [0.25, 0.3) is 11.8 Å². The van der Waals surface area contributed by atoms with E-state index < -0.39 is 0 Å². The van der Waals surface area contributed by atoms with Gasteiger partial charge in [0.05, 0.1) is 5.70 Å². The summed E-state index contributed by atoms with van der Waals surface area (Å²) in [7, 11) is 0. The van der Waals surface area contributed by atoms with Crippen molar-refractivity contribution in [3.05, 3.63) is 57.9 Å². The molecule has 0 radical (unpaired) electrons. The molecule has 3 rings (SSSR count). The van der Waals surface area contributed by atoms with Crippen LogP contribution in [0.2, 0.25) is 0 Å². The second-order valence-electron chi connectivity index (χ2n) is 4.89. The maximum atomic E-state index is 4.61. The first-order valence-corrected chi connectivity index (χ1v) is 7.08. The van der Waals surface area contributed by atoms with Crippen molar-refractivity contribution in [2.24, 2.45) is 4.99 Å². The molecule has 0 saturated carbocycles. The number of nitrogens with one attached hydrogen (secondary N) is 1. The Morgan fingerprint density at radius 1 is 1.05 bits per heavy atom. The maximum Gasteiger partial charge on any atom is 0.114 e. The van der Waals surface area contributed by atoms with Crippen molar-refractivity contribution in [1.29, 1.82) is 0 Å². The second-order valence-corrected chi connectivity index (χ2v) is 5.64. The highest BCUT2D eigenvalue weighted by molar-refractivity contribution is 9.18. The Hall–Kier alpha value is -1.61. The van der Waals surface area contributed by atoms with Crippen LogP contribution in [0.1, 0.15) is 33.6 Å². The highest BCUT2D eigenvalue weighted by Gasteiger charge is 2.18. The number of rotatable bonds is 1. The number of hydrogen-bond acceptors (Lipinski definition) is 1. The number of aryl methyl sites for hydroxylation is 1. The zero-order chi connectivity index (χ0) is 13.6. The van der Waals surface area contributed by atoms with Gasteiger partial charge in [-0.3, -0.25) is 0 Å². The lowest BCUT2D eigenvalue weighted by Crippen LogP contribution is -1.86. The summed E-state index contributed by atoms with van der Waals surface area (Å²) in [6.45, 7) is 6.39. The highest BCUT2D eigenvalue weighted by Crippen LogP contribution is 2.32. The third-order valence-electron chi connectivity index (χ3n) is 3.78. The van der Waals surface area contributed by atoms with Gasteiger partial charge < -0.3 is 4.98 Å². The number of fused-ring (bicyclic) bond motifs is 1. The number of benzene rings is 1. The third-order valence-corrected chi connectivity index (χ3v) is 4.38. The molecule has 0 unspecified atom stereocenters. The van der Waals surface area contributed by atoms with E-state index >= 15 is 0 Å². The van der Waals surface area contributed by atoms with E-state index in [9.17, 15) is 0 Å². The van der Waals surface area contributed by atoms with E-state index in [-0.39, 0.29) is 0 Å². The van der Waals surface area contributed by atoms with Crippen LogP contribution in [0.4, 0.5) is 0 Å². The zero-order valence-electron chi connectivity index (χ0n) is 11.2. The van der Waals surface area contributed by atoms with Crippen LogP contribution in [0, 0.1) is 20.8 Å². The van der Waals surface area contributed by atoms with Crippen molar-refractivity contribution in [2.45, 2.75) is 20.8 Å². The van der Waals surface area contributed by atoms with Crippen LogP contribution in [0.15, 0.2) is 29.3 Å². The monoisotopic (exact) mass is 314 g/mol. The van der Waals surface area contributed by atoms with Gasteiger partial charge in [-0.1, -0.05) is 24.3 Å². The molecule has 1 aromatic carbocycles. The summed E-state index contributed by atoms with van der Waals surface area (Å²) in [4.78, 5) is 8.03. The zero-order valence-corrected chi connectivity index (χ0v) is 12.8. The molecule has 1 N–H and O–H groups in total. The van der Waals surface area contributed by atoms with Gasteiger partial charge in [0.1, 0.15) is 4.62 Å². The molecule has 0 fully saturated rings. The number of halogens is 1. The number of aliphatic imine (C=N–C) groups is 1. The fourth-order valence-corrected chi connectivity index (χ4v) is 2.91. The Bertz CT molecular complexity index is 720. The Morgan fingerprint density at radius 3 is 2.37 bits per heavy atom. The molecule has 3 heteroatoms. The van der Waals surface area contributed by atoms with E-state index in [1.54, 1.807) is 0 Å². The van der Waals surface area contributed by atoms with E-state index in [1.807, 2.05) is 12.1 Å². The van der Waals surface area contributed by atoms with Crippen molar-refractivity contribution in [1.82, 2.24) is 4.98 Å². The van der Waals surface area contributed by atoms with Crippen LogP contribution < -0.4 is 0 Å². The van der Waals surface area contributed by atoms with E-state index in [4.69, 9.17) is 0 Å². The predicted molar refractivity (Wildman–Crippen MR) is 84.8 cm³/mol. The SMILES string of the molecule is Cc1[nH]c(/C=C2/N=C(Br)c3ccccc32)c(C)c1C. The topological polar surface area (TPSA) is 28.1 Å². The van der Waals surface area contributed by atoms with Gasteiger partial charge in [-0.05, 0) is 53.9 Å². The summed E-state index contributed by atoms with van der Waals surface area (Å²) in [5, 5.41) is 0. The summed E-state index contributed by atoms with van der Waals surface area (Å²) in [6.07, 6.45) is 2.13. The van der Waals surface area contributed by atoms with Crippen molar-refractivity contribution in [3.8, 4) is 0 Å². The standard InChI is InChI=1S/C16H15BrN2/c1-9-10(2)14(18-11(9)3)8-15-12-6-4-5-7-13(12)16(17)19-15/h4-8,18H,1-3H3/b15-8+. The fourth-order valence-electron chi connectivity index (χ4n) is 2.38. The van der Waals surface area contributed by atoms with Gasteiger partial charge in [0.2, 0.25) is 0 Å². The van der Waals surface area contributed by atoms with Crippen LogP contribution in [-0.2, 0) is 0 Å². The van der Waals surface area contributed by atoms with Crippen molar-refractivity contribution in [2.75, 3.05) is 0 Å². The molecule has 0 aliphatic carbocycles. The molecule has 0 amide bonds. The van der Waals surface area contributed by atoms with Gasteiger partial charge in [0.25, 0.3) is 0 Å². The Labute approximate surface area is 121 Å². The van der Waals surface area contributed by atoms with E-state index in [1.165, 1.54) is 22.4 Å². The lowest BCUT2D eigenvalue weighted by atomic mass is 10.1. The minimum Gasteiger partial charge on any atom is -0.359 e. The Balaban J connectivity index is 2.14. The summed E-state index contributed by atoms with van der Waals surface area (Å²) in [6, 6.07) is 8.28. The largest absolute Gasteiger partial charge is 0.359 e. The molecule has 2 aromatic rings.